The third-order valence-corrected chi connectivity index (χ3v) is 3.80. The summed E-state index contributed by atoms with van der Waals surface area (Å²) in [6.45, 7) is 2.19. The molecule has 1 aromatic rings. The summed E-state index contributed by atoms with van der Waals surface area (Å²) in [7, 11) is 0. The van der Waals surface area contributed by atoms with Crippen molar-refractivity contribution in [1.29, 1.82) is 0 Å². The van der Waals surface area contributed by atoms with Crippen molar-refractivity contribution in [1.82, 2.24) is 0 Å². The van der Waals surface area contributed by atoms with Crippen molar-refractivity contribution in [2.45, 2.75) is 70.8 Å². The molecule has 0 amide bonds. The summed E-state index contributed by atoms with van der Waals surface area (Å²) in [6.07, 6.45) is 8.55. The molecule has 1 aromatic carbocycles. The zero-order valence-corrected chi connectivity index (χ0v) is 17.1. The van der Waals surface area contributed by atoms with Crippen LogP contribution in [0, 0.1) is 0 Å². The van der Waals surface area contributed by atoms with E-state index in [1.807, 2.05) is 30.3 Å². The molecule has 0 aliphatic heterocycles. The van der Waals surface area contributed by atoms with Gasteiger partial charge in [-0.25, -0.2) is 4.79 Å². The second-order valence-electron chi connectivity index (χ2n) is 5.96. The van der Waals surface area contributed by atoms with Crippen molar-refractivity contribution in [2.24, 2.45) is 5.73 Å². The zero-order chi connectivity index (χ0) is 16.9. The summed E-state index contributed by atoms with van der Waals surface area (Å²) >= 11 is 0. The van der Waals surface area contributed by atoms with Crippen LogP contribution < -0.4 is 35.3 Å². The number of esters is 2. The number of nitrogens with two attached hydrogens (primary N) is 1. The van der Waals surface area contributed by atoms with Gasteiger partial charge in [-0.05, 0) is 18.4 Å². The Balaban J connectivity index is 0. The predicted octanol–water partition coefficient (Wildman–Crippen LogP) is 0.883. The molecule has 1 rings (SSSR count). The molecule has 0 spiro atoms. The molecule has 0 bridgehead atoms. The van der Waals surface area contributed by atoms with Crippen LogP contribution in [0.15, 0.2) is 30.3 Å². The van der Waals surface area contributed by atoms with Crippen LogP contribution in [-0.2, 0) is 20.7 Å². The Labute approximate surface area is 169 Å². The minimum absolute atomic E-state index is 0. The van der Waals surface area contributed by atoms with E-state index in [1.165, 1.54) is 25.7 Å². The molecule has 0 saturated carbocycles. The van der Waals surface area contributed by atoms with Gasteiger partial charge >= 0.3 is 41.5 Å². The number of hydrogen-bond donors (Lipinski definition) is 1. The van der Waals surface area contributed by atoms with E-state index in [1.54, 1.807) is 0 Å². The van der Waals surface area contributed by atoms with Crippen molar-refractivity contribution in [3.63, 3.8) is 0 Å². The van der Waals surface area contributed by atoms with Crippen LogP contribution in [0.4, 0.5) is 0 Å². The minimum Gasteiger partial charge on any atom is -1.00 e. The van der Waals surface area contributed by atoms with Crippen LogP contribution in [-0.4, -0.2) is 18.0 Å². The van der Waals surface area contributed by atoms with Gasteiger partial charge in [-0.15, -0.1) is 0 Å². The molecule has 1 atom stereocenters. The molecular weight excluding hydrogens is 313 g/mol. The van der Waals surface area contributed by atoms with Crippen molar-refractivity contribution in [3.05, 3.63) is 35.9 Å². The number of hydrogen-bond acceptors (Lipinski definition) is 4. The first-order valence-corrected chi connectivity index (χ1v) is 8.67. The molecule has 5 heteroatoms. The quantitative estimate of drug-likeness (QED) is 0.280. The SMILES string of the molecule is CCCCCCCCCC(=O)OC(=O)[C@@H](N)Cc1ccccc1.[H-].[Na+]. The first-order chi connectivity index (χ1) is 11.1. The fourth-order valence-corrected chi connectivity index (χ4v) is 2.42. The van der Waals surface area contributed by atoms with Gasteiger partial charge in [0.1, 0.15) is 6.04 Å². The second kappa shape index (κ2) is 14.6. The van der Waals surface area contributed by atoms with Crippen molar-refractivity contribution >= 4 is 11.9 Å². The van der Waals surface area contributed by atoms with E-state index in [9.17, 15) is 9.59 Å². The average molecular weight is 343 g/mol. The summed E-state index contributed by atoms with van der Waals surface area (Å²) in [6, 6.07) is 8.67. The first kappa shape index (κ1) is 23.3. The molecule has 0 aliphatic carbocycles. The van der Waals surface area contributed by atoms with Crippen LogP contribution in [0.5, 0.6) is 0 Å². The van der Waals surface area contributed by atoms with Gasteiger partial charge in [-0.2, -0.15) is 0 Å². The Kier molecular flexibility index (Phi) is 14.2. The van der Waals surface area contributed by atoms with Crippen LogP contribution in [0.25, 0.3) is 0 Å². The van der Waals surface area contributed by atoms with Crippen LogP contribution in [0.2, 0.25) is 0 Å². The number of ether oxygens (including phenoxy) is 1. The molecule has 2 N–H and O–H groups in total. The van der Waals surface area contributed by atoms with Gasteiger partial charge < -0.3 is 11.9 Å². The van der Waals surface area contributed by atoms with Gasteiger partial charge in [-0.1, -0.05) is 75.8 Å². The number of carbonyl (C=O) groups excluding carboxylic acids is 2. The Morgan fingerprint density at radius 1 is 1.04 bits per heavy atom. The van der Waals surface area contributed by atoms with Crippen molar-refractivity contribution in [3.8, 4) is 0 Å². The Morgan fingerprint density at radius 2 is 1.62 bits per heavy atom. The largest absolute Gasteiger partial charge is 1.00 e. The maximum atomic E-state index is 11.8. The summed E-state index contributed by atoms with van der Waals surface area (Å²) in [5, 5.41) is 0. The van der Waals surface area contributed by atoms with Crippen LogP contribution >= 0.6 is 0 Å². The molecule has 0 aromatic heterocycles. The monoisotopic (exact) mass is 343 g/mol. The molecule has 130 valence electrons. The topological polar surface area (TPSA) is 69.4 Å². The zero-order valence-electron chi connectivity index (χ0n) is 16.1. The Morgan fingerprint density at radius 3 is 2.25 bits per heavy atom. The smallest absolute Gasteiger partial charge is 1.00 e. The van der Waals surface area contributed by atoms with Gasteiger partial charge in [0.15, 0.2) is 0 Å². The number of benzene rings is 1. The normalized spacial score (nSPS) is 11.4. The molecule has 0 unspecified atom stereocenters. The molecule has 0 radical (unpaired) electrons. The van der Waals surface area contributed by atoms with Gasteiger partial charge in [0.2, 0.25) is 0 Å². The maximum absolute atomic E-state index is 11.8. The van der Waals surface area contributed by atoms with E-state index >= 15 is 0 Å². The Bertz CT molecular complexity index is 471. The summed E-state index contributed by atoms with van der Waals surface area (Å²) in [4.78, 5) is 23.4. The third kappa shape index (κ3) is 11.0. The number of carbonyl (C=O) groups is 2. The van der Waals surface area contributed by atoms with E-state index in [-0.39, 0.29) is 37.4 Å². The number of unbranched alkanes of at least 4 members (excludes halogenated alkanes) is 6. The van der Waals surface area contributed by atoms with E-state index < -0.39 is 18.0 Å². The maximum Gasteiger partial charge on any atom is 1.00 e. The average Bonchev–Trinajstić information content (AvgIpc) is 2.55. The van der Waals surface area contributed by atoms with Crippen molar-refractivity contribution in [2.75, 3.05) is 0 Å². The minimum atomic E-state index is -0.796. The Hall–Kier alpha value is -0.680. The predicted molar refractivity (Wildman–Crippen MR) is 92.9 cm³/mol. The molecule has 0 heterocycles. The summed E-state index contributed by atoms with van der Waals surface area (Å²) in [5.41, 5.74) is 6.75. The van der Waals surface area contributed by atoms with Gasteiger partial charge in [0.05, 0.1) is 0 Å². The molecular formula is C19H30NNaO3. The number of rotatable bonds is 11. The second-order valence-corrected chi connectivity index (χ2v) is 5.96. The van der Waals surface area contributed by atoms with Crippen molar-refractivity contribution < 1.29 is 45.3 Å². The van der Waals surface area contributed by atoms with E-state index in [2.05, 4.69) is 6.92 Å². The first-order valence-electron chi connectivity index (χ1n) is 8.67. The molecule has 0 aliphatic rings. The summed E-state index contributed by atoms with van der Waals surface area (Å²) in [5.74, 6) is -1.10. The third-order valence-electron chi connectivity index (χ3n) is 3.80. The standard InChI is InChI=1S/C19H29NO3.Na.H/c1-2-3-4-5-6-7-11-14-18(21)23-19(22)17(20)15-16-12-9-8-10-13-16;;/h8-10,12-13,17H,2-7,11,14-15,20H2,1H3;;/q;+1;-1/t17-;;/m0../s1. The van der Waals surface area contributed by atoms with E-state index in [4.69, 9.17) is 10.5 Å². The molecule has 0 saturated heterocycles. The molecule has 24 heavy (non-hydrogen) atoms. The van der Waals surface area contributed by atoms with E-state index in [0.717, 1.165) is 24.8 Å². The fourth-order valence-electron chi connectivity index (χ4n) is 2.42. The molecule has 0 fully saturated rings. The summed E-state index contributed by atoms with van der Waals surface area (Å²) < 4.78 is 4.83. The van der Waals surface area contributed by atoms with Gasteiger partial charge in [0.25, 0.3) is 0 Å². The van der Waals surface area contributed by atoms with Crippen LogP contribution in [0.3, 0.4) is 0 Å². The van der Waals surface area contributed by atoms with Crippen LogP contribution in [0.1, 0.15) is 65.3 Å². The van der Waals surface area contributed by atoms with Gasteiger partial charge in [-0.3, -0.25) is 4.79 Å². The molecule has 4 nitrogen and oxygen atoms in total. The fraction of sp³-hybridized carbons (Fsp3) is 0.579. The van der Waals surface area contributed by atoms with Gasteiger partial charge in [0, 0.05) is 6.42 Å². The van der Waals surface area contributed by atoms with E-state index in [0.29, 0.717) is 6.42 Å².